The molecule has 1 atom stereocenters. The Bertz CT molecular complexity index is 837. The van der Waals surface area contributed by atoms with Gasteiger partial charge in [0.25, 0.3) is 0 Å². The maximum atomic E-state index is 10.7. The van der Waals surface area contributed by atoms with E-state index in [1.165, 1.54) is 5.56 Å². The average Bonchev–Trinajstić information content (AvgIpc) is 3.06. The number of anilines is 1. The van der Waals surface area contributed by atoms with Crippen LogP contribution in [0.5, 0.6) is 0 Å². The highest BCUT2D eigenvalue weighted by molar-refractivity contribution is 5.84. The van der Waals surface area contributed by atoms with Gasteiger partial charge >= 0.3 is 0 Å². The van der Waals surface area contributed by atoms with Gasteiger partial charge in [-0.25, -0.2) is 4.98 Å². The normalized spacial score (nSPS) is 17.1. The zero-order valence-corrected chi connectivity index (χ0v) is 14.5. The van der Waals surface area contributed by atoms with Crippen molar-refractivity contribution in [3.05, 3.63) is 59.9 Å². The summed E-state index contributed by atoms with van der Waals surface area (Å²) in [6.07, 6.45) is 3.31. The number of hydrogen-bond donors (Lipinski definition) is 2. The van der Waals surface area contributed by atoms with E-state index in [2.05, 4.69) is 51.0 Å². The molecule has 0 bridgehead atoms. The van der Waals surface area contributed by atoms with E-state index in [1.54, 1.807) is 0 Å². The molecule has 2 N–H and O–H groups in total. The number of aromatic nitrogens is 2. The van der Waals surface area contributed by atoms with Crippen molar-refractivity contribution in [2.45, 2.75) is 13.0 Å². The third-order valence-electron chi connectivity index (χ3n) is 5.00. The summed E-state index contributed by atoms with van der Waals surface area (Å²) in [7, 11) is 0. The number of nitrogens with zero attached hydrogens (tertiary/aromatic N) is 3. The van der Waals surface area contributed by atoms with Crippen LogP contribution in [0.15, 0.2) is 48.8 Å². The molecule has 5 heteroatoms. The number of piperazine rings is 1. The minimum atomic E-state index is -0.475. The first kappa shape index (κ1) is 16.1. The molecule has 0 saturated carbocycles. The van der Waals surface area contributed by atoms with Crippen LogP contribution in [0.2, 0.25) is 0 Å². The van der Waals surface area contributed by atoms with Crippen molar-refractivity contribution in [2.75, 3.05) is 37.6 Å². The lowest BCUT2D eigenvalue weighted by molar-refractivity contribution is 0.110. The summed E-state index contributed by atoms with van der Waals surface area (Å²) in [5, 5.41) is 11.9. The van der Waals surface area contributed by atoms with E-state index >= 15 is 0 Å². The molecule has 4 rings (SSSR count). The molecule has 1 aliphatic rings. The van der Waals surface area contributed by atoms with Gasteiger partial charge in [0.2, 0.25) is 0 Å². The molecule has 3 heterocycles. The number of β-amino-alcohol motifs (C(OH)–C–C–N with tert-alkyl or cyclic N) is 1. The maximum Gasteiger partial charge on any atom is 0.128 e. The van der Waals surface area contributed by atoms with Crippen LogP contribution in [0.1, 0.15) is 17.2 Å². The van der Waals surface area contributed by atoms with Crippen molar-refractivity contribution in [2.24, 2.45) is 0 Å². The van der Waals surface area contributed by atoms with Crippen molar-refractivity contribution in [1.29, 1.82) is 0 Å². The van der Waals surface area contributed by atoms with Crippen molar-refractivity contribution in [1.82, 2.24) is 14.9 Å². The fourth-order valence-corrected chi connectivity index (χ4v) is 3.58. The van der Waals surface area contributed by atoms with Crippen LogP contribution >= 0.6 is 0 Å². The van der Waals surface area contributed by atoms with Gasteiger partial charge in [-0.15, -0.1) is 0 Å². The van der Waals surface area contributed by atoms with Gasteiger partial charge in [-0.2, -0.15) is 0 Å². The van der Waals surface area contributed by atoms with Gasteiger partial charge in [-0.05, 0) is 31.2 Å². The number of H-pyrrole nitrogens is 1. The SMILES string of the molecule is Cc1ccc2[nH]cc([C@H](O)CN3CCN(c4ccccn4)CC3)c2c1. The molecule has 0 aliphatic carbocycles. The lowest BCUT2D eigenvalue weighted by atomic mass is 10.1. The minimum Gasteiger partial charge on any atom is -0.387 e. The van der Waals surface area contributed by atoms with Crippen molar-refractivity contribution in [3.63, 3.8) is 0 Å². The fraction of sp³-hybridized carbons (Fsp3) is 0.350. The van der Waals surface area contributed by atoms with Crippen molar-refractivity contribution < 1.29 is 5.11 Å². The summed E-state index contributed by atoms with van der Waals surface area (Å²) in [6.45, 7) is 6.51. The molecular weight excluding hydrogens is 312 g/mol. The van der Waals surface area contributed by atoms with Gasteiger partial charge in [-0.1, -0.05) is 17.7 Å². The highest BCUT2D eigenvalue weighted by Crippen LogP contribution is 2.26. The lowest BCUT2D eigenvalue weighted by Gasteiger charge is -2.36. The molecule has 5 nitrogen and oxygen atoms in total. The van der Waals surface area contributed by atoms with Gasteiger partial charge in [-0.3, -0.25) is 4.90 Å². The summed E-state index contributed by atoms with van der Waals surface area (Å²) < 4.78 is 0. The van der Waals surface area contributed by atoms with Crippen LogP contribution in [0, 0.1) is 6.92 Å². The van der Waals surface area contributed by atoms with Crippen LogP contribution in [-0.2, 0) is 0 Å². The Hall–Kier alpha value is -2.37. The molecule has 130 valence electrons. The van der Waals surface area contributed by atoms with Gasteiger partial charge in [0.1, 0.15) is 5.82 Å². The standard InChI is InChI=1S/C20H24N4O/c1-15-5-6-18-16(12-15)17(13-22-18)19(25)14-23-8-10-24(11-9-23)20-4-2-3-7-21-20/h2-7,12-13,19,22,25H,8-11,14H2,1H3/t19-/m1/s1. The minimum absolute atomic E-state index is 0.475. The molecule has 0 spiro atoms. The zero-order valence-electron chi connectivity index (χ0n) is 14.5. The summed E-state index contributed by atoms with van der Waals surface area (Å²) in [5.41, 5.74) is 3.29. The molecule has 2 aromatic heterocycles. The Balaban J connectivity index is 1.40. The van der Waals surface area contributed by atoms with Crippen LogP contribution in [0.4, 0.5) is 5.82 Å². The Morgan fingerprint density at radius 3 is 2.76 bits per heavy atom. The monoisotopic (exact) mass is 336 g/mol. The molecule has 25 heavy (non-hydrogen) atoms. The number of benzene rings is 1. The van der Waals surface area contributed by atoms with E-state index in [0.29, 0.717) is 6.54 Å². The predicted octanol–water partition coefficient (Wildman–Crippen LogP) is 2.73. The average molecular weight is 336 g/mol. The van der Waals surface area contributed by atoms with Gasteiger partial charge in [0.15, 0.2) is 0 Å². The summed E-state index contributed by atoms with van der Waals surface area (Å²) in [6, 6.07) is 12.3. The fourth-order valence-electron chi connectivity index (χ4n) is 3.58. The van der Waals surface area contributed by atoms with E-state index in [0.717, 1.165) is 48.5 Å². The van der Waals surface area contributed by atoms with Crippen molar-refractivity contribution >= 4 is 16.7 Å². The number of aromatic amines is 1. The maximum absolute atomic E-state index is 10.7. The number of aliphatic hydroxyl groups is 1. The molecule has 3 aromatic rings. The van der Waals surface area contributed by atoms with Crippen LogP contribution in [0.3, 0.4) is 0 Å². The Kier molecular flexibility index (Phi) is 4.42. The first-order chi connectivity index (χ1) is 12.2. The van der Waals surface area contributed by atoms with E-state index in [9.17, 15) is 5.11 Å². The van der Waals surface area contributed by atoms with Gasteiger partial charge in [0.05, 0.1) is 6.10 Å². The molecule has 0 amide bonds. The first-order valence-electron chi connectivity index (χ1n) is 8.85. The topological polar surface area (TPSA) is 55.4 Å². The first-order valence-corrected chi connectivity index (χ1v) is 8.85. The molecule has 1 aromatic carbocycles. The second-order valence-corrected chi connectivity index (χ2v) is 6.78. The predicted molar refractivity (Wildman–Crippen MR) is 101 cm³/mol. The van der Waals surface area contributed by atoms with E-state index in [4.69, 9.17) is 0 Å². The third-order valence-corrected chi connectivity index (χ3v) is 5.00. The molecule has 1 saturated heterocycles. The van der Waals surface area contributed by atoms with Crippen LogP contribution < -0.4 is 4.90 Å². The molecule has 1 aliphatic heterocycles. The molecule has 0 unspecified atom stereocenters. The zero-order chi connectivity index (χ0) is 17.2. The summed E-state index contributed by atoms with van der Waals surface area (Å²) in [5.74, 6) is 1.04. The Morgan fingerprint density at radius 2 is 2.00 bits per heavy atom. The quantitative estimate of drug-likeness (QED) is 0.769. The number of nitrogens with one attached hydrogen (secondary N) is 1. The lowest BCUT2D eigenvalue weighted by Crippen LogP contribution is -2.47. The molecule has 1 fully saturated rings. The van der Waals surface area contributed by atoms with Gasteiger partial charge in [0, 0.05) is 61.6 Å². The number of fused-ring (bicyclic) bond motifs is 1. The number of rotatable bonds is 4. The van der Waals surface area contributed by atoms with E-state index in [1.807, 2.05) is 24.5 Å². The second-order valence-electron chi connectivity index (χ2n) is 6.78. The smallest absolute Gasteiger partial charge is 0.128 e. The molecular formula is C20H24N4O. The van der Waals surface area contributed by atoms with Crippen LogP contribution in [0.25, 0.3) is 10.9 Å². The van der Waals surface area contributed by atoms with Crippen molar-refractivity contribution in [3.8, 4) is 0 Å². The Morgan fingerprint density at radius 1 is 1.16 bits per heavy atom. The largest absolute Gasteiger partial charge is 0.387 e. The Labute approximate surface area is 147 Å². The number of hydrogen-bond acceptors (Lipinski definition) is 4. The van der Waals surface area contributed by atoms with E-state index < -0.39 is 6.10 Å². The third kappa shape index (κ3) is 3.38. The van der Waals surface area contributed by atoms with Gasteiger partial charge < -0.3 is 15.0 Å². The highest BCUT2D eigenvalue weighted by Gasteiger charge is 2.22. The van der Waals surface area contributed by atoms with Crippen LogP contribution in [-0.4, -0.2) is 52.7 Å². The highest BCUT2D eigenvalue weighted by atomic mass is 16.3. The second kappa shape index (κ2) is 6.86. The summed E-state index contributed by atoms with van der Waals surface area (Å²) in [4.78, 5) is 12.3. The number of pyridine rings is 1. The van der Waals surface area contributed by atoms with E-state index in [-0.39, 0.29) is 0 Å². The summed E-state index contributed by atoms with van der Waals surface area (Å²) >= 11 is 0. The molecule has 0 radical (unpaired) electrons. The number of aryl methyl sites for hydroxylation is 1. The number of aliphatic hydroxyl groups excluding tert-OH is 1.